The molecule has 0 aliphatic carbocycles. The van der Waals surface area contributed by atoms with E-state index in [2.05, 4.69) is 18.4 Å². The Bertz CT molecular complexity index is 2160. The van der Waals surface area contributed by atoms with Crippen LogP contribution in [0.3, 0.4) is 0 Å². The van der Waals surface area contributed by atoms with Crippen LogP contribution in [0.5, 0.6) is 5.75 Å². The Balaban J connectivity index is 1.31. The molecule has 3 heterocycles. The van der Waals surface area contributed by atoms with Gasteiger partial charge in [-0.3, -0.25) is 14.4 Å². The standard InChI is InChI=1S/C45H53N3O11Si/c1-27-41(60(3,4)32-18-16-31(57-2)17-19-32)35(24-36(50)47(21-22-49)25-28-11-7-5-8-12-28)59-45(27)33-23-30(46-42(54)40-38(52)37(51)39(53)43(55)58-40)15-20-34(33)48(44(45)56)26-29-13-9-6-10-14-29/h5-20,23,27,35,37-41,43,49,51-53,55H,21-22,24-26H2,1-4H3,(H,46,54)/t27-,35+,37-,38-,39+,40-,41-,43+,45+/m0/s1. The Morgan fingerprint density at radius 3 is 2.17 bits per heavy atom. The molecule has 4 aromatic carbocycles. The second-order valence-corrected chi connectivity index (χ2v) is 21.1. The van der Waals surface area contributed by atoms with Crippen molar-refractivity contribution in [2.24, 2.45) is 5.92 Å². The van der Waals surface area contributed by atoms with Crippen LogP contribution in [0.15, 0.2) is 103 Å². The first-order chi connectivity index (χ1) is 28.7. The van der Waals surface area contributed by atoms with Crippen molar-refractivity contribution in [3.63, 3.8) is 0 Å². The number of nitrogens with zero attached hydrogens (tertiary/aromatic N) is 2. The number of hydrogen-bond acceptors (Lipinski definition) is 11. The van der Waals surface area contributed by atoms with Gasteiger partial charge in [0.1, 0.15) is 24.1 Å². The van der Waals surface area contributed by atoms with Gasteiger partial charge in [-0.05, 0) is 47.0 Å². The largest absolute Gasteiger partial charge is 0.497 e. The predicted molar refractivity (Wildman–Crippen MR) is 225 cm³/mol. The Morgan fingerprint density at radius 2 is 1.53 bits per heavy atom. The van der Waals surface area contributed by atoms with Gasteiger partial charge in [0.05, 0.1) is 46.5 Å². The quantitative estimate of drug-likeness (QED) is 0.108. The van der Waals surface area contributed by atoms with Gasteiger partial charge in [0.15, 0.2) is 18.0 Å². The van der Waals surface area contributed by atoms with Crippen molar-refractivity contribution < 1.29 is 54.1 Å². The summed E-state index contributed by atoms with van der Waals surface area (Å²) in [6.45, 7) is 6.76. The van der Waals surface area contributed by atoms with E-state index in [4.69, 9.17) is 14.2 Å². The second kappa shape index (κ2) is 17.6. The molecular formula is C45H53N3O11Si. The van der Waals surface area contributed by atoms with Crippen molar-refractivity contribution in [1.82, 2.24) is 4.90 Å². The molecule has 0 saturated carbocycles. The van der Waals surface area contributed by atoms with E-state index in [9.17, 15) is 35.1 Å². The van der Waals surface area contributed by atoms with Crippen LogP contribution in [0.4, 0.5) is 11.4 Å². The fraction of sp³-hybridized carbons (Fsp3) is 0.400. The number of fused-ring (bicyclic) bond motifs is 2. The molecule has 2 fully saturated rings. The molecule has 1 spiro atoms. The molecule has 9 atom stereocenters. The van der Waals surface area contributed by atoms with Crippen molar-refractivity contribution in [1.29, 1.82) is 0 Å². The van der Waals surface area contributed by atoms with Crippen molar-refractivity contribution in [2.45, 2.75) is 87.5 Å². The fourth-order valence-electron chi connectivity index (χ4n) is 9.32. The summed E-state index contributed by atoms with van der Waals surface area (Å²) in [6.07, 6.45) is -9.98. The number of nitrogens with one attached hydrogen (secondary N) is 1. The summed E-state index contributed by atoms with van der Waals surface area (Å²) in [4.78, 5) is 46.7. The Hall–Kier alpha value is -4.97. The van der Waals surface area contributed by atoms with Crippen LogP contribution in [0.2, 0.25) is 18.6 Å². The molecule has 0 unspecified atom stereocenters. The van der Waals surface area contributed by atoms with Crippen LogP contribution in [-0.2, 0) is 42.5 Å². The van der Waals surface area contributed by atoms with E-state index >= 15 is 4.79 Å². The van der Waals surface area contributed by atoms with Gasteiger partial charge in [-0.15, -0.1) is 0 Å². The number of aliphatic hydroxyl groups is 5. The number of hydrogen-bond donors (Lipinski definition) is 6. The van der Waals surface area contributed by atoms with Crippen molar-refractivity contribution in [3.8, 4) is 5.75 Å². The molecular weight excluding hydrogens is 787 g/mol. The highest BCUT2D eigenvalue weighted by atomic mass is 28.3. The lowest BCUT2D eigenvalue weighted by Gasteiger charge is -2.37. The maximum Gasteiger partial charge on any atom is 0.264 e. The summed E-state index contributed by atoms with van der Waals surface area (Å²) in [5.41, 5.74) is 1.09. The Morgan fingerprint density at radius 1 is 0.883 bits per heavy atom. The molecule has 3 aliphatic rings. The monoisotopic (exact) mass is 839 g/mol. The van der Waals surface area contributed by atoms with E-state index in [1.807, 2.05) is 91.9 Å². The van der Waals surface area contributed by atoms with Gasteiger partial charge in [-0.2, -0.15) is 0 Å². The molecule has 0 bridgehead atoms. The molecule has 14 nitrogen and oxygen atoms in total. The smallest absolute Gasteiger partial charge is 0.264 e. The number of benzene rings is 4. The fourth-order valence-corrected chi connectivity index (χ4v) is 13.3. The number of ether oxygens (including phenoxy) is 3. The van der Waals surface area contributed by atoms with Crippen LogP contribution >= 0.6 is 0 Å². The first-order valence-electron chi connectivity index (χ1n) is 20.1. The SMILES string of the molecule is COc1ccc([Si](C)(C)[C@@H]2[C@@H](CC(=O)N(CCO)Cc3ccccc3)O[C@]3(C(=O)N(Cc4ccccc4)c4ccc(NC(=O)[C@H]5O[C@@H](O)[C@H](O)[C@@H](O)[C@@H]5O)cc43)[C@H]2C)cc1. The van der Waals surface area contributed by atoms with Crippen LogP contribution < -0.4 is 20.1 Å². The van der Waals surface area contributed by atoms with Crippen molar-refractivity contribution in [3.05, 3.63) is 120 Å². The number of anilines is 2. The minimum absolute atomic E-state index is 0.0681. The molecule has 15 heteroatoms. The number of methoxy groups -OCH3 is 1. The van der Waals surface area contributed by atoms with Gasteiger partial charge in [-0.1, -0.05) is 98.0 Å². The van der Waals surface area contributed by atoms with Gasteiger partial charge in [0, 0.05) is 30.3 Å². The highest BCUT2D eigenvalue weighted by molar-refractivity contribution is 6.91. The van der Waals surface area contributed by atoms with Crippen molar-refractivity contribution >= 4 is 42.4 Å². The summed E-state index contributed by atoms with van der Waals surface area (Å²) in [6, 6.07) is 31.9. The zero-order valence-electron chi connectivity index (χ0n) is 34.0. The zero-order chi connectivity index (χ0) is 42.9. The highest BCUT2D eigenvalue weighted by Crippen LogP contribution is 2.60. The maximum absolute atomic E-state index is 15.4. The molecule has 2 saturated heterocycles. The molecule has 318 valence electrons. The van der Waals surface area contributed by atoms with E-state index < -0.39 is 62.3 Å². The van der Waals surface area contributed by atoms with Crippen molar-refractivity contribution in [2.75, 3.05) is 30.5 Å². The van der Waals surface area contributed by atoms with Gasteiger partial charge in [0.25, 0.3) is 11.8 Å². The van der Waals surface area contributed by atoms with Gasteiger partial charge < -0.3 is 54.9 Å². The second-order valence-electron chi connectivity index (χ2n) is 16.4. The number of rotatable bonds is 13. The van der Waals surface area contributed by atoms with E-state index in [1.54, 1.807) is 35.1 Å². The van der Waals surface area contributed by atoms with Gasteiger partial charge in [0.2, 0.25) is 5.91 Å². The summed E-state index contributed by atoms with van der Waals surface area (Å²) in [7, 11) is -1.08. The lowest BCUT2D eigenvalue weighted by atomic mass is 9.82. The molecule has 60 heavy (non-hydrogen) atoms. The van der Waals surface area contributed by atoms with E-state index in [0.29, 0.717) is 17.0 Å². The summed E-state index contributed by atoms with van der Waals surface area (Å²) < 4.78 is 17.9. The van der Waals surface area contributed by atoms with Crippen LogP contribution in [-0.4, -0.2) is 113 Å². The Labute approximate surface area is 349 Å². The molecule has 0 aromatic heterocycles. The number of amides is 3. The molecule has 7 rings (SSSR count). The first-order valence-corrected chi connectivity index (χ1v) is 23.2. The number of carbonyl (C=O) groups excluding carboxylic acids is 3. The summed E-state index contributed by atoms with van der Waals surface area (Å²) in [5.74, 6) is -1.27. The third-order valence-electron chi connectivity index (χ3n) is 12.4. The molecule has 4 aromatic rings. The van der Waals surface area contributed by atoms with E-state index in [-0.39, 0.29) is 55.7 Å². The molecule has 6 N–H and O–H groups in total. The highest BCUT2D eigenvalue weighted by Gasteiger charge is 2.66. The van der Waals surface area contributed by atoms with E-state index in [1.165, 1.54) is 0 Å². The maximum atomic E-state index is 15.4. The minimum Gasteiger partial charge on any atom is -0.497 e. The third kappa shape index (κ3) is 7.99. The van der Waals surface area contributed by atoms with Crippen LogP contribution in [0.1, 0.15) is 30.0 Å². The predicted octanol–water partition coefficient (Wildman–Crippen LogP) is 2.61. The summed E-state index contributed by atoms with van der Waals surface area (Å²) >= 11 is 0. The molecule has 3 amide bonds. The van der Waals surface area contributed by atoms with Crippen LogP contribution in [0.25, 0.3) is 0 Å². The minimum atomic E-state index is -2.69. The number of aliphatic hydroxyl groups excluding tert-OH is 5. The molecule has 3 aliphatic heterocycles. The summed E-state index contributed by atoms with van der Waals surface area (Å²) in [5, 5.41) is 54.8. The average Bonchev–Trinajstić information content (AvgIpc) is 3.67. The lowest BCUT2D eigenvalue weighted by molar-refractivity contribution is -0.274. The van der Waals surface area contributed by atoms with Crippen LogP contribution in [0, 0.1) is 5.92 Å². The number of carbonyl (C=O) groups is 3. The average molecular weight is 840 g/mol. The normalized spacial score (nSPS) is 27.5. The molecule has 0 radical (unpaired) electrons. The third-order valence-corrected chi connectivity index (χ3v) is 16.8. The first kappa shape index (κ1) is 43.1. The van der Waals surface area contributed by atoms with Gasteiger partial charge in [-0.25, -0.2) is 0 Å². The zero-order valence-corrected chi connectivity index (χ0v) is 35.0. The Kier molecular flexibility index (Phi) is 12.6. The lowest BCUT2D eigenvalue weighted by Crippen LogP contribution is -2.60. The van der Waals surface area contributed by atoms with Gasteiger partial charge >= 0.3 is 0 Å². The van der Waals surface area contributed by atoms with E-state index in [0.717, 1.165) is 16.3 Å². The topological polar surface area (TPSA) is 199 Å².